The molecule has 1 N–H and O–H groups in total. The van der Waals surface area contributed by atoms with Crippen LogP contribution >= 0.6 is 0 Å². The van der Waals surface area contributed by atoms with Crippen LogP contribution in [-0.4, -0.2) is 102 Å². The summed E-state index contributed by atoms with van der Waals surface area (Å²) in [4.78, 5) is 23.2. The number of esters is 2. The van der Waals surface area contributed by atoms with Crippen LogP contribution in [-0.2, 0) is 29.2 Å². The van der Waals surface area contributed by atoms with Crippen molar-refractivity contribution in [3.05, 3.63) is 0 Å². The molecule has 1 unspecified atom stereocenters. The molecule has 0 amide bonds. The molecule has 0 rings (SSSR count). The van der Waals surface area contributed by atoms with E-state index in [1.54, 1.807) is 0 Å². The summed E-state index contributed by atoms with van der Waals surface area (Å²) < 4.78 is 40.9. The molecule has 0 aromatic rings. The van der Waals surface area contributed by atoms with E-state index in [4.69, 9.17) is 9.29 Å². The Kier molecular flexibility index (Phi) is 25.2. The molecule has 0 spiro atoms. The van der Waals surface area contributed by atoms with Crippen molar-refractivity contribution >= 4 is 81.2 Å². The van der Waals surface area contributed by atoms with Gasteiger partial charge in [-0.05, 0) is 13.3 Å². The molecule has 0 heterocycles. The van der Waals surface area contributed by atoms with E-state index in [9.17, 15) is 18.0 Å². The molecule has 0 aliphatic carbocycles. The van der Waals surface area contributed by atoms with Crippen LogP contribution in [0.3, 0.4) is 0 Å². The Morgan fingerprint density at radius 2 is 1.29 bits per heavy atom. The summed E-state index contributed by atoms with van der Waals surface area (Å²) in [6.07, 6.45) is 10.8. The summed E-state index contributed by atoms with van der Waals surface area (Å²) in [5.41, 5.74) is 0. The van der Waals surface area contributed by atoms with Crippen molar-refractivity contribution in [2.75, 3.05) is 13.2 Å². The zero-order valence-electron chi connectivity index (χ0n) is 16.1. The zero-order chi connectivity index (χ0) is 19.8. The fourth-order valence-electron chi connectivity index (χ4n) is 2.53. The maximum absolute atomic E-state index is 11.7. The zero-order valence-corrected chi connectivity index (χ0v) is 16.9. The summed E-state index contributed by atoms with van der Waals surface area (Å²) in [6.45, 7) is 3.84. The molecule has 0 aliphatic rings. The minimum atomic E-state index is -4.71. The van der Waals surface area contributed by atoms with Gasteiger partial charge >= 0.3 is 71.1 Å². The van der Waals surface area contributed by atoms with E-state index < -0.39 is 33.7 Å². The van der Waals surface area contributed by atoms with Crippen molar-refractivity contribution < 1.29 is 32.0 Å². The number of carbonyl (C=O) groups is 2. The Hall–Kier alpha value is 0.850. The number of carbonyl (C=O) groups excluding carboxylic acids is 2. The van der Waals surface area contributed by atoms with E-state index >= 15 is 0 Å². The Balaban J connectivity index is -0.00000312. The Morgan fingerprint density at radius 1 is 0.821 bits per heavy atom. The van der Waals surface area contributed by atoms with Crippen molar-refractivity contribution in [1.82, 2.24) is 0 Å². The number of hydrogen-bond acceptors (Lipinski definition) is 6. The second-order valence-electron chi connectivity index (χ2n) is 6.36. The average Bonchev–Trinajstić information content (AvgIpc) is 2.56. The second kappa shape index (κ2) is 21.1. The molecule has 0 saturated carbocycles. The van der Waals surface area contributed by atoms with Crippen LogP contribution in [0.4, 0.5) is 0 Å². The third-order valence-electron chi connectivity index (χ3n) is 4.02. The van der Waals surface area contributed by atoms with Gasteiger partial charge in [-0.1, -0.05) is 64.7 Å². The summed E-state index contributed by atoms with van der Waals surface area (Å²) in [6, 6.07) is 0. The van der Waals surface area contributed by atoms with Crippen LogP contribution in [0.5, 0.6) is 0 Å². The molecule has 1 atom stereocenters. The van der Waals surface area contributed by atoms with Gasteiger partial charge in [-0.15, -0.1) is 0 Å². The summed E-state index contributed by atoms with van der Waals surface area (Å²) >= 11 is 0. The van der Waals surface area contributed by atoms with Gasteiger partial charge in [-0.3, -0.25) is 14.1 Å². The molecule has 10 heteroatoms. The van der Waals surface area contributed by atoms with E-state index in [2.05, 4.69) is 11.7 Å². The molecule has 7 nitrogen and oxygen atoms in total. The van der Waals surface area contributed by atoms with Gasteiger partial charge in [0.05, 0.1) is 19.6 Å². The first kappa shape index (κ1) is 33.5. The average molecular weight is 443 g/mol. The van der Waals surface area contributed by atoms with Crippen LogP contribution in [0.25, 0.3) is 0 Å². The third-order valence-corrected chi connectivity index (χ3v) is 5.10. The van der Waals surface area contributed by atoms with Crippen LogP contribution in [0, 0.1) is 0 Å². The van der Waals surface area contributed by atoms with Crippen LogP contribution in [0.1, 0.15) is 84.5 Å². The van der Waals surface area contributed by atoms with Gasteiger partial charge in [0.1, 0.15) is 0 Å². The van der Waals surface area contributed by atoms with Crippen molar-refractivity contribution in [1.29, 1.82) is 0 Å². The summed E-state index contributed by atoms with van der Waals surface area (Å²) in [7, 11) is -4.71. The topological polar surface area (TPSA) is 107 Å². The molecule has 0 bridgehead atoms. The van der Waals surface area contributed by atoms with E-state index in [-0.39, 0.29) is 72.3 Å². The van der Waals surface area contributed by atoms with Gasteiger partial charge in [-0.2, -0.15) is 8.42 Å². The molecular formula is C18H36Na2O7S. The normalized spacial score (nSPS) is 11.7. The van der Waals surface area contributed by atoms with Crippen LogP contribution in [0.2, 0.25) is 0 Å². The van der Waals surface area contributed by atoms with Crippen molar-refractivity contribution in [3.8, 4) is 0 Å². The molecule has 28 heavy (non-hydrogen) atoms. The number of unbranched alkanes of at least 4 members (excludes halogenated alkanes) is 9. The van der Waals surface area contributed by atoms with Gasteiger partial charge in [0.15, 0.2) is 5.25 Å². The molecule has 0 saturated heterocycles. The predicted octanol–water partition coefficient (Wildman–Crippen LogP) is 2.36. The molecule has 0 aliphatic heterocycles. The van der Waals surface area contributed by atoms with Gasteiger partial charge in [0.25, 0.3) is 10.1 Å². The van der Waals surface area contributed by atoms with Crippen molar-refractivity contribution in [3.63, 3.8) is 0 Å². The van der Waals surface area contributed by atoms with Gasteiger partial charge in [-0.25, -0.2) is 0 Å². The first-order chi connectivity index (χ1) is 12.3. The van der Waals surface area contributed by atoms with Crippen LogP contribution < -0.4 is 0 Å². The molecule has 158 valence electrons. The number of ether oxygens (including phenoxy) is 2. The van der Waals surface area contributed by atoms with Crippen LogP contribution in [0.15, 0.2) is 0 Å². The van der Waals surface area contributed by atoms with E-state index in [1.165, 1.54) is 45.4 Å². The molecule has 0 aromatic heterocycles. The van der Waals surface area contributed by atoms with Gasteiger partial charge < -0.3 is 9.47 Å². The number of rotatable bonds is 16. The number of hydrogen-bond donors (Lipinski definition) is 1. The van der Waals surface area contributed by atoms with Crippen molar-refractivity contribution in [2.24, 2.45) is 0 Å². The first-order valence-electron chi connectivity index (χ1n) is 9.61. The van der Waals surface area contributed by atoms with Gasteiger partial charge in [0, 0.05) is 0 Å². The van der Waals surface area contributed by atoms with E-state index in [0.717, 1.165) is 19.3 Å². The predicted molar refractivity (Wildman–Crippen MR) is 114 cm³/mol. The Bertz CT molecular complexity index is 498. The quantitative estimate of drug-likeness (QED) is 0.169. The fourth-order valence-corrected chi connectivity index (χ4v) is 3.19. The molecular weight excluding hydrogens is 406 g/mol. The fraction of sp³-hybridized carbons (Fsp3) is 0.889. The molecule has 0 radical (unpaired) electrons. The van der Waals surface area contributed by atoms with Gasteiger partial charge in [0.2, 0.25) is 0 Å². The summed E-state index contributed by atoms with van der Waals surface area (Å²) in [5, 5.41) is -1.93. The van der Waals surface area contributed by atoms with E-state index in [0.29, 0.717) is 6.42 Å². The maximum atomic E-state index is 11.7. The van der Waals surface area contributed by atoms with Crippen molar-refractivity contribution in [2.45, 2.75) is 89.7 Å². The Morgan fingerprint density at radius 3 is 1.71 bits per heavy atom. The standard InChI is InChI=1S/C18H34O7S.2Na.2H/c1-3-5-6-7-8-9-10-11-12-13-14-25-17(19)15-16(26(21,22)23)18(20)24-4-2;;;;/h16H,3-15H2,1-2H3,(H,21,22,23);;;;. The monoisotopic (exact) mass is 442 g/mol. The Labute approximate surface area is 214 Å². The van der Waals surface area contributed by atoms with E-state index in [1.807, 2.05) is 0 Å². The second-order valence-corrected chi connectivity index (χ2v) is 7.96. The SMILES string of the molecule is CCCCCCCCCCCCOC(=O)CC(C(=O)OCC)S(=O)(=O)O.[NaH].[NaH]. The first-order valence-corrected chi connectivity index (χ1v) is 11.1. The molecule has 0 aromatic carbocycles. The molecule has 0 fully saturated rings. The summed E-state index contributed by atoms with van der Waals surface area (Å²) in [5.74, 6) is -1.98. The minimum absolute atomic E-state index is 0. The third kappa shape index (κ3) is 18.9.